The number of hydrogen-bond donors (Lipinski definition) is 1. The largest absolute Gasteiger partial charge is 0.494 e. The molecule has 26 heavy (non-hydrogen) atoms. The fraction of sp³-hybridized carbons (Fsp3) is 0.278. The molecule has 2 rings (SSSR count). The van der Waals surface area contributed by atoms with Crippen LogP contribution in [0.15, 0.2) is 42.6 Å². The zero-order valence-corrected chi connectivity index (χ0v) is 15.2. The standard InChI is InChI=1S/C18H19ClN2O5/c1-3-24-13-6-8-14(9-7-13)25-11-16(22)26-12(2)18(23)21-15-5-4-10-20-17(15)19/h4-10,12H,3,11H2,1-2H3,(H,21,23)/t12-/m0/s1. The number of aromatic nitrogens is 1. The minimum absolute atomic E-state index is 0.151. The second-order valence-electron chi connectivity index (χ2n) is 5.16. The molecule has 7 nitrogen and oxygen atoms in total. The number of carbonyl (C=O) groups excluding carboxylic acids is 2. The molecular formula is C18H19ClN2O5. The summed E-state index contributed by atoms with van der Waals surface area (Å²) in [6.07, 6.45) is 0.488. The van der Waals surface area contributed by atoms with Gasteiger partial charge in [-0.3, -0.25) is 4.79 Å². The molecule has 0 aliphatic heterocycles. The summed E-state index contributed by atoms with van der Waals surface area (Å²) in [7, 11) is 0. The Kier molecular flexibility index (Phi) is 7.23. The van der Waals surface area contributed by atoms with Gasteiger partial charge in [0.2, 0.25) is 0 Å². The molecular weight excluding hydrogens is 360 g/mol. The lowest BCUT2D eigenvalue weighted by Gasteiger charge is -2.14. The van der Waals surface area contributed by atoms with Crippen molar-refractivity contribution in [1.29, 1.82) is 0 Å². The Hall–Kier alpha value is -2.80. The number of esters is 1. The van der Waals surface area contributed by atoms with Gasteiger partial charge < -0.3 is 19.5 Å². The van der Waals surface area contributed by atoms with Crippen LogP contribution in [0.25, 0.3) is 0 Å². The quantitative estimate of drug-likeness (QED) is 0.561. The van der Waals surface area contributed by atoms with Crippen LogP contribution in [0.1, 0.15) is 13.8 Å². The SMILES string of the molecule is CCOc1ccc(OCC(=O)O[C@@H](C)C(=O)Nc2cccnc2Cl)cc1. The molecule has 1 heterocycles. The molecule has 0 fully saturated rings. The highest BCUT2D eigenvalue weighted by molar-refractivity contribution is 6.32. The lowest BCUT2D eigenvalue weighted by atomic mass is 10.3. The van der Waals surface area contributed by atoms with Gasteiger partial charge in [-0.2, -0.15) is 0 Å². The van der Waals surface area contributed by atoms with E-state index in [0.29, 0.717) is 23.8 Å². The average Bonchev–Trinajstić information content (AvgIpc) is 2.63. The van der Waals surface area contributed by atoms with Crippen molar-refractivity contribution in [2.45, 2.75) is 20.0 Å². The third-order valence-electron chi connectivity index (χ3n) is 3.19. The van der Waals surface area contributed by atoms with Gasteiger partial charge in [-0.25, -0.2) is 9.78 Å². The Morgan fingerprint density at radius 3 is 2.42 bits per heavy atom. The highest BCUT2D eigenvalue weighted by Crippen LogP contribution is 2.19. The molecule has 0 radical (unpaired) electrons. The van der Waals surface area contributed by atoms with Gasteiger partial charge in [-0.15, -0.1) is 0 Å². The van der Waals surface area contributed by atoms with E-state index in [9.17, 15) is 9.59 Å². The van der Waals surface area contributed by atoms with E-state index in [-0.39, 0.29) is 11.8 Å². The monoisotopic (exact) mass is 378 g/mol. The van der Waals surface area contributed by atoms with E-state index in [2.05, 4.69) is 10.3 Å². The zero-order valence-electron chi connectivity index (χ0n) is 14.4. The number of anilines is 1. The first-order chi connectivity index (χ1) is 12.5. The van der Waals surface area contributed by atoms with Crippen LogP contribution in [0.3, 0.4) is 0 Å². The lowest BCUT2D eigenvalue weighted by molar-refractivity contribution is -0.155. The summed E-state index contributed by atoms with van der Waals surface area (Å²) in [4.78, 5) is 27.7. The normalized spacial score (nSPS) is 11.3. The van der Waals surface area contributed by atoms with E-state index in [1.807, 2.05) is 6.92 Å². The van der Waals surface area contributed by atoms with Gasteiger partial charge in [-0.05, 0) is 50.2 Å². The molecule has 0 saturated carbocycles. The fourth-order valence-corrected chi connectivity index (χ4v) is 2.11. The highest BCUT2D eigenvalue weighted by Gasteiger charge is 2.19. The number of nitrogens with one attached hydrogen (secondary N) is 1. The van der Waals surface area contributed by atoms with Crippen molar-refractivity contribution in [3.63, 3.8) is 0 Å². The Labute approximate surface area is 156 Å². The van der Waals surface area contributed by atoms with Gasteiger partial charge >= 0.3 is 5.97 Å². The third-order valence-corrected chi connectivity index (χ3v) is 3.49. The van der Waals surface area contributed by atoms with Gasteiger partial charge in [0.1, 0.15) is 11.5 Å². The predicted molar refractivity (Wildman–Crippen MR) is 96.5 cm³/mol. The van der Waals surface area contributed by atoms with Crippen molar-refractivity contribution in [1.82, 2.24) is 4.98 Å². The molecule has 2 aromatic rings. The van der Waals surface area contributed by atoms with Crippen LogP contribution in [0.4, 0.5) is 5.69 Å². The molecule has 0 unspecified atom stereocenters. The maximum Gasteiger partial charge on any atom is 0.344 e. The molecule has 1 N–H and O–H groups in total. The van der Waals surface area contributed by atoms with Crippen LogP contribution < -0.4 is 14.8 Å². The first-order valence-electron chi connectivity index (χ1n) is 7.96. The number of hydrogen-bond acceptors (Lipinski definition) is 6. The number of pyridine rings is 1. The van der Waals surface area contributed by atoms with Crippen LogP contribution in [0.2, 0.25) is 5.15 Å². The van der Waals surface area contributed by atoms with Crippen LogP contribution in [-0.2, 0) is 14.3 Å². The summed E-state index contributed by atoms with van der Waals surface area (Å²) in [5, 5.41) is 2.69. The van der Waals surface area contributed by atoms with Crippen LogP contribution in [0, 0.1) is 0 Å². The molecule has 1 aromatic carbocycles. The molecule has 0 aliphatic rings. The van der Waals surface area contributed by atoms with E-state index in [1.165, 1.54) is 13.1 Å². The lowest BCUT2D eigenvalue weighted by Crippen LogP contribution is -2.31. The molecule has 0 bridgehead atoms. The smallest absolute Gasteiger partial charge is 0.344 e. The van der Waals surface area contributed by atoms with Crippen molar-refractivity contribution in [3.05, 3.63) is 47.7 Å². The van der Waals surface area contributed by atoms with Gasteiger partial charge in [-0.1, -0.05) is 11.6 Å². The molecule has 138 valence electrons. The molecule has 0 aliphatic carbocycles. The second-order valence-corrected chi connectivity index (χ2v) is 5.51. The predicted octanol–water partition coefficient (Wildman–Crippen LogP) is 3.08. The summed E-state index contributed by atoms with van der Waals surface area (Å²) < 4.78 is 15.7. The van der Waals surface area contributed by atoms with E-state index in [1.54, 1.807) is 36.4 Å². The highest BCUT2D eigenvalue weighted by atomic mass is 35.5. The Morgan fingerprint density at radius 2 is 1.81 bits per heavy atom. The number of halogens is 1. The number of carbonyl (C=O) groups is 2. The average molecular weight is 379 g/mol. The minimum Gasteiger partial charge on any atom is -0.494 e. The maximum absolute atomic E-state index is 12.0. The van der Waals surface area contributed by atoms with Crippen molar-refractivity contribution in [3.8, 4) is 11.5 Å². The zero-order chi connectivity index (χ0) is 18.9. The summed E-state index contributed by atoms with van der Waals surface area (Å²) in [6.45, 7) is 3.59. The topological polar surface area (TPSA) is 86.8 Å². The van der Waals surface area contributed by atoms with Crippen molar-refractivity contribution in [2.24, 2.45) is 0 Å². The number of rotatable bonds is 8. The van der Waals surface area contributed by atoms with Crippen molar-refractivity contribution < 1.29 is 23.8 Å². The Morgan fingerprint density at radius 1 is 1.15 bits per heavy atom. The summed E-state index contributed by atoms with van der Waals surface area (Å²) >= 11 is 5.86. The number of amides is 1. The molecule has 1 aromatic heterocycles. The second kappa shape index (κ2) is 9.62. The third kappa shape index (κ3) is 5.93. The van der Waals surface area contributed by atoms with Gasteiger partial charge in [0.15, 0.2) is 17.9 Å². The van der Waals surface area contributed by atoms with E-state index < -0.39 is 18.0 Å². The molecule has 0 spiro atoms. The summed E-state index contributed by atoms with van der Waals surface area (Å²) in [6, 6.07) is 10.0. The van der Waals surface area contributed by atoms with E-state index >= 15 is 0 Å². The van der Waals surface area contributed by atoms with Crippen LogP contribution in [-0.4, -0.2) is 36.2 Å². The molecule has 1 atom stereocenters. The number of nitrogens with zero attached hydrogens (tertiary/aromatic N) is 1. The summed E-state index contributed by atoms with van der Waals surface area (Å²) in [5.41, 5.74) is 0.340. The van der Waals surface area contributed by atoms with Gasteiger partial charge in [0.05, 0.1) is 12.3 Å². The molecule has 8 heteroatoms. The van der Waals surface area contributed by atoms with Crippen molar-refractivity contribution >= 4 is 29.2 Å². The van der Waals surface area contributed by atoms with E-state index in [0.717, 1.165) is 0 Å². The summed E-state index contributed by atoms with van der Waals surface area (Å²) in [5.74, 6) is 0.0135. The minimum atomic E-state index is -1.01. The number of benzene rings is 1. The fourth-order valence-electron chi connectivity index (χ4n) is 1.94. The Bertz CT molecular complexity index is 752. The maximum atomic E-state index is 12.0. The van der Waals surface area contributed by atoms with Gasteiger partial charge in [0.25, 0.3) is 5.91 Å². The van der Waals surface area contributed by atoms with Crippen LogP contribution in [0.5, 0.6) is 11.5 Å². The first kappa shape index (κ1) is 19.5. The number of ether oxygens (including phenoxy) is 3. The van der Waals surface area contributed by atoms with Crippen LogP contribution >= 0.6 is 11.6 Å². The Balaban J connectivity index is 1.79. The molecule has 1 amide bonds. The van der Waals surface area contributed by atoms with E-state index in [4.69, 9.17) is 25.8 Å². The van der Waals surface area contributed by atoms with Crippen molar-refractivity contribution in [2.75, 3.05) is 18.5 Å². The molecule has 0 saturated heterocycles. The first-order valence-corrected chi connectivity index (χ1v) is 8.34. The van der Waals surface area contributed by atoms with Gasteiger partial charge in [0, 0.05) is 6.20 Å².